The zero-order valence-electron chi connectivity index (χ0n) is 10.0. The van der Waals surface area contributed by atoms with Gasteiger partial charge in [-0.1, -0.05) is 13.8 Å². The minimum absolute atomic E-state index is 0.0390. The second-order valence-electron chi connectivity index (χ2n) is 4.43. The molecule has 0 aliphatic carbocycles. The van der Waals surface area contributed by atoms with Gasteiger partial charge < -0.3 is 10.6 Å². The van der Waals surface area contributed by atoms with Gasteiger partial charge in [0.2, 0.25) is 5.91 Å². The van der Waals surface area contributed by atoms with Crippen LogP contribution >= 0.6 is 0 Å². The van der Waals surface area contributed by atoms with E-state index in [1.807, 2.05) is 6.92 Å². The molecule has 1 heterocycles. The summed E-state index contributed by atoms with van der Waals surface area (Å²) in [6, 6.07) is 0.465. The first-order valence-electron chi connectivity index (χ1n) is 6.25. The molecule has 1 amide bonds. The maximum absolute atomic E-state index is 12.2. The normalized spacial score (nSPS) is 23.9. The lowest BCUT2D eigenvalue weighted by molar-refractivity contribution is -0.139. The van der Waals surface area contributed by atoms with Gasteiger partial charge in [-0.2, -0.15) is 0 Å². The Morgan fingerprint density at radius 3 is 2.73 bits per heavy atom. The summed E-state index contributed by atoms with van der Waals surface area (Å²) < 4.78 is 0. The predicted octanol–water partition coefficient (Wildman–Crippen LogP) is 1.76. The zero-order valence-corrected chi connectivity index (χ0v) is 10.0. The van der Waals surface area contributed by atoms with Crippen molar-refractivity contribution >= 4 is 5.91 Å². The Bertz CT molecular complexity index is 202. The third-order valence-electron chi connectivity index (χ3n) is 3.51. The average Bonchev–Trinajstić information content (AvgIpc) is 2.30. The molecule has 0 aromatic carbocycles. The summed E-state index contributed by atoms with van der Waals surface area (Å²) >= 11 is 0. The molecule has 1 rings (SSSR count). The fourth-order valence-corrected chi connectivity index (χ4v) is 2.39. The van der Waals surface area contributed by atoms with Crippen LogP contribution in [-0.2, 0) is 4.79 Å². The van der Waals surface area contributed by atoms with Gasteiger partial charge in [-0.05, 0) is 32.1 Å². The van der Waals surface area contributed by atoms with Gasteiger partial charge in [0.1, 0.15) is 0 Å². The number of likely N-dealkylation sites (tertiary alicyclic amines) is 1. The van der Waals surface area contributed by atoms with E-state index in [0.717, 1.165) is 25.8 Å². The average molecular weight is 212 g/mol. The SMILES string of the molecule is CCC(CN)C(=O)N1CCCCC1CC. The third kappa shape index (κ3) is 2.94. The Balaban J connectivity index is 2.62. The number of carbonyl (C=O) groups excluding carboxylic acids is 1. The second kappa shape index (κ2) is 6.11. The Morgan fingerprint density at radius 1 is 1.47 bits per heavy atom. The lowest BCUT2D eigenvalue weighted by Gasteiger charge is -2.37. The summed E-state index contributed by atoms with van der Waals surface area (Å²) in [5.41, 5.74) is 5.63. The second-order valence-corrected chi connectivity index (χ2v) is 4.43. The minimum Gasteiger partial charge on any atom is -0.339 e. The molecule has 2 atom stereocenters. The largest absolute Gasteiger partial charge is 0.339 e. The number of nitrogens with zero attached hydrogens (tertiary/aromatic N) is 1. The highest BCUT2D eigenvalue weighted by Crippen LogP contribution is 2.22. The molecule has 2 unspecified atom stereocenters. The van der Waals surface area contributed by atoms with Crippen LogP contribution in [0.5, 0.6) is 0 Å². The van der Waals surface area contributed by atoms with Crippen LogP contribution in [0.25, 0.3) is 0 Å². The quantitative estimate of drug-likeness (QED) is 0.772. The van der Waals surface area contributed by atoms with Crippen LogP contribution < -0.4 is 5.73 Å². The Morgan fingerprint density at radius 2 is 2.20 bits per heavy atom. The molecule has 0 radical (unpaired) electrons. The Labute approximate surface area is 93.0 Å². The van der Waals surface area contributed by atoms with Crippen molar-refractivity contribution in [3.05, 3.63) is 0 Å². The Hall–Kier alpha value is -0.570. The van der Waals surface area contributed by atoms with Crippen LogP contribution in [0.4, 0.5) is 0 Å². The van der Waals surface area contributed by atoms with E-state index in [9.17, 15) is 4.79 Å². The molecule has 0 bridgehead atoms. The highest BCUT2D eigenvalue weighted by molar-refractivity contribution is 5.79. The fraction of sp³-hybridized carbons (Fsp3) is 0.917. The molecule has 1 fully saturated rings. The number of amides is 1. The molecule has 1 saturated heterocycles. The predicted molar refractivity (Wildman–Crippen MR) is 62.5 cm³/mol. The van der Waals surface area contributed by atoms with E-state index in [1.54, 1.807) is 0 Å². The van der Waals surface area contributed by atoms with Gasteiger partial charge in [0, 0.05) is 19.1 Å². The highest BCUT2D eigenvalue weighted by atomic mass is 16.2. The number of piperidine rings is 1. The molecule has 0 spiro atoms. The van der Waals surface area contributed by atoms with Gasteiger partial charge in [0.05, 0.1) is 5.92 Å². The van der Waals surface area contributed by atoms with E-state index in [4.69, 9.17) is 5.73 Å². The van der Waals surface area contributed by atoms with Gasteiger partial charge in [-0.3, -0.25) is 4.79 Å². The van der Waals surface area contributed by atoms with Crippen molar-refractivity contribution in [2.24, 2.45) is 11.7 Å². The summed E-state index contributed by atoms with van der Waals surface area (Å²) in [5, 5.41) is 0. The maximum atomic E-state index is 12.2. The maximum Gasteiger partial charge on any atom is 0.227 e. The van der Waals surface area contributed by atoms with E-state index < -0.39 is 0 Å². The molecule has 0 saturated carbocycles. The van der Waals surface area contributed by atoms with Crippen molar-refractivity contribution in [1.82, 2.24) is 4.90 Å². The van der Waals surface area contributed by atoms with Crippen LogP contribution in [-0.4, -0.2) is 29.9 Å². The molecule has 1 aliphatic heterocycles. The van der Waals surface area contributed by atoms with Crippen molar-refractivity contribution in [2.45, 2.75) is 52.0 Å². The number of hydrogen-bond donors (Lipinski definition) is 1. The molecule has 0 aromatic heterocycles. The molecule has 3 nitrogen and oxygen atoms in total. The van der Waals surface area contributed by atoms with Crippen molar-refractivity contribution in [1.29, 1.82) is 0 Å². The van der Waals surface area contributed by atoms with Crippen LogP contribution in [0, 0.1) is 5.92 Å². The Kier molecular flexibility index (Phi) is 5.09. The van der Waals surface area contributed by atoms with Crippen molar-refractivity contribution in [3.63, 3.8) is 0 Å². The summed E-state index contributed by atoms with van der Waals surface area (Å²) in [6.45, 7) is 5.64. The van der Waals surface area contributed by atoms with Crippen LogP contribution in [0.1, 0.15) is 46.0 Å². The van der Waals surface area contributed by atoms with Gasteiger partial charge in [-0.25, -0.2) is 0 Å². The summed E-state index contributed by atoms with van der Waals surface area (Å²) in [6.07, 6.45) is 5.53. The number of hydrogen-bond acceptors (Lipinski definition) is 2. The number of nitrogens with two attached hydrogens (primary N) is 1. The van der Waals surface area contributed by atoms with Gasteiger partial charge in [0.15, 0.2) is 0 Å². The zero-order chi connectivity index (χ0) is 11.3. The molecule has 0 aromatic rings. The monoisotopic (exact) mass is 212 g/mol. The minimum atomic E-state index is 0.0390. The lowest BCUT2D eigenvalue weighted by atomic mass is 9.96. The fourth-order valence-electron chi connectivity index (χ4n) is 2.39. The van der Waals surface area contributed by atoms with E-state index in [0.29, 0.717) is 12.6 Å². The standard InChI is InChI=1S/C12H24N2O/c1-3-10(9-13)12(15)14-8-6-5-7-11(14)4-2/h10-11H,3-9,13H2,1-2H3. The first-order valence-corrected chi connectivity index (χ1v) is 6.25. The summed E-state index contributed by atoms with van der Waals surface area (Å²) in [7, 11) is 0. The van der Waals surface area contributed by atoms with E-state index >= 15 is 0 Å². The number of rotatable bonds is 4. The van der Waals surface area contributed by atoms with Crippen molar-refractivity contribution in [3.8, 4) is 0 Å². The van der Waals surface area contributed by atoms with E-state index in [2.05, 4.69) is 11.8 Å². The van der Waals surface area contributed by atoms with Crippen LogP contribution in [0.15, 0.2) is 0 Å². The molecular weight excluding hydrogens is 188 g/mol. The molecule has 88 valence electrons. The number of carbonyl (C=O) groups is 1. The molecule has 1 aliphatic rings. The summed E-state index contributed by atoms with van der Waals surface area (Å²) in [4.78, 5) is 14.2. The first kappa shape index (κ1) is 12.5. The molecule has 15 heavy (non-hydrogen) atoms. The first-order chi connectivity index (χ1) is 7.24. The van der Waals surface area contributed by atoms with Gasteiger partial charge in [-0.15, -0.1) is 0 Å². The third-order valence-corrected chi connectivity index (χ3v) is 3.51. The molecular formula is C12H24N2O. The smallest absolute Gasteiger partial charge is 0.227 e. The van der Waals surface area contributed by atoms with Crippen molar-refractivity contribution < 1.29 is 4.79 Å². The topological polar surface area (TPSA) is 46.3 Å². The highest BCUT2D eigenvalue weighted by Gasteiger charge is 2.28. The lowest BCUT2D eigenvalue weighted by Crippen LogP contribution is -2.47. The summed E-state index contributed by atoms with van der Waals surface area (Å²) in [5.74, 6) is 0.323. The van der Waals surface area contributed by atoms with E-state index in [1.165, 1.54) is 12.8 Å². The van der Waals surface area contributed by atoms with Gasteiger partial charge in [0.25, 0.3) is 0 Å². The van der Waals surface area contributed by atoms with Crippen LogP contribution in [0.2, 0.25) is 0 Å². The van der Waals surface area contributed by atoms with Gasteiger partial charge >= 0.3 is 0 Å². The van der Waals surface area contributed by atoms with Crippen molar-refractivity contribution in [2.75, 3.05) is 13.1 Å². The van der Waals surface area contributed by atoms with Crippen LogP contribution in [0.3, 0.4) is 0 Å². The molecule has 2 N–H and O–H groups in total. The van der Waals surface area contributed by atoms with E-state index in [-0.39, 0.29) is 11.8 Å². The molecule has 3 heteroatoms.